The zero-order chi connectivity index (χ0) is 17.6. The first-order valence-corrected chi connectivity index (χ1v) is 11.7. The van der Waals surface area contributed by atoms with Crippen LogP contribution < -0.4 is 0 Å². The van der Waals surface area contributed by atoms with Crippen molar-refractivity contribution in [2.24, 2.45) is 5.41 Å². The molecule has 130 valence electrons. The summed E-state index contributed by atoms with van der Waals surface area (Å²) in [6, 6.07) is 4.37. The van der Waals surface area contributed by atoms with Crippen molar-refractivity contribution in [3.8, 4) is 0 Å². The molecule has 1 aliphatic carbocycles. The van der Waals surface area contributed by atoms with Gasteiger partial charge in [-0.2, -0.15) is 0 Å². The van der Waals surface area contributed by atoms with E-state index in [9.17, 15) is 0 Å². The number of pyridine rings is 1. The molecule has 0 aliphatic heterocycles. The van der Waals surface area contributed by atoms with Gasteiger partial charge in [0.1, 0.15) is 0 Å². The molecule has 0 N–H and O–H groups in total. The summed E-state index contributed by atoms with van der Waals surface area (Å²) in [7, 11) is -0.556. The highest BCUT2D eigenvalue weighted by molar-refractivity contribution is 8.32. The molecule has 1 aliphatic rings. The number of allylic oxidation sites excluding steroid dienone is 1. The third-order valence-electron chi connectivity index (χ3n) is 6.16. The Kier molecular flexibility index (Phi) is 4.81. The molecule has 2 unspecified atom stereocenters. The van der Waals surface area contributed by atoms with Crippen LogP contribution in [0.5, 0.6) is 0 Å². The second kappa shape index (κ2) is 5.95. The van der Waals surface area contributed by atoms with E-state index in [1.807, 2.05) is 0 Å². The van der Waals surface area contributed by atoms with Gasteiger partial charge in [0.2, 0.25) is 0 Å². The number of hydrogen-bond acceptors (Lipinski definition) is 1. The van der Waals surface area contributed by atoms with Crippen LogP contribution in [-0.4, -0.2) is 29.0 Å². The Morgan fingerprint density at radius 2 is 1.87 bits per heavy atom. The van der Waals surface area contributed by atoms with Crippen LogP contribution in [0.4, 0.5) is 0 Å². The van der Waals surface area contributed by atoms with Crippen LogP contribution in [0.2, 0.25) is 0 Å². The number of hydrogen-bond donors (Lipinski definition) is 0. The van der Waals surface area contributed by atoms with Crippen LogP contribution in [0.25, 0.3) is 5.57 Å². The second-order valence-electron chi connectivity index (χ2n) is 8.91. The molecule has 0 spiro atoms. The first kappa shape index (κ1) is 18.6. The topological polar surface area (TPSA) is 12.9 Å². The van der Waals surface area contributed by atoms with Gasteiger partial charge in [-0.15, -0.1) is 0 Å². The predicted molar refractivity (Wildman–Crippen MR) is 108 cm³/mol. The predicted octanol–water partition coefficient (Wildman–Crippen LogP) is 5.95. The maximum atomic E-state index is 5.08. The van der Waals surface area contributed by atoms with Gasteiger partial charge in [-0.1, -0.05) is 33.4 Å². The molecule has 1 fully saturated rings. The Labute approximate surface area is 145 Å². The zero-order valence-electron chi connectivity index (χ0n) is 16.4. The fraction of sp³-hybridized carbons (Fsp3) is 0.667. The third kappa shape index (κ3) is 3.12. The van der Waals surface area contributed by atoms with E-state index in [0.29, 0.717) is 0 Å². The summed E-state index contributed by atoms with van der Waals surface area (Å²) in [5, 5.41) is 0.817. The zero-order valence-corrected chi connectivity index (χ0v) is 17.2. The minimum absolute atomic E-state index is 0.165. The number of nitrogens with zero attached hydrogens (tertiary/aromatic N) is 1. The fourth-order valence-electron chi connectivity index (χ4n) is 4.48. The van der Waals surface area contributed by atoms with Crippen LogP contribution >= 0.6 is 10.0 Å². The van der Waals surface area contributed by atoms with Gasteiger partial charge in [0.05, 0.1) is 5.69 Å². The van der Waals surface area contributed by atoms with E-state index >= 15 is 0 Å². The summed E-state index contributed by atoms with van der Waals surface area (Å²) in [4.78, 5) is 5.08. The van der Waals surface area contributed by atoms with Crippen molar-refractivity contribution in [3.63, 3.8) is 0 Å². The van der Waals surface area contributed by atoms with Gasteiger partial charge in [0.25, 0.3) is 0 Å². The summed E-state index contributed by atoms with van der Waals surface area (Å²) >= 11 is 0. The largest absolute Gasteiger partial charge is 0.257 e. The van der Waals surface area contributed by atoms with E-state index in [1.54, 1.807) is 0 Å². The van der Waals surface area contributed by atoms with E-state index in [1.165, 1.54) is 24.1 Å². The van der Waals surface area contributed by atoms with Gasteiger partial charge in [-0.05, 0) is 79.7 Å². The molecule has 0 radical (unpaired) electrons. The Morgan fingerprint density at radius 3 is 2.30 bits per heavy atom. The van der Waals surface area contributed by atoms with E-state index in [-0.39, 0.29) is 10.8 Å². The fourth-order valence-corrected chi connectivity index (χ4v) is 6.18. The van der Waals surface area contributed by atoms with E-state index in [2.05, 4.69) is 72.1 Å². The average Bonchev–Trinajstić information content (AvgIpc) is 2.70. The Balaban J connectivity index is 2.67. The van der Waals surface area contributed by atoms with Crippen molar-refractivity contribution in [1.29, 1.82) is 0 Å². The van der Waals surface area contributed by atoms with E-state index in [0.717, 1.165) is 22.9 Å². The number of rotatable bonds is 4. The molecule has 1 nitrogen and oxygen atoms in total. The highest BCUT2D eigenvalue weighted by Gasteiger charge is 2.55. The maximum Gasteiger partial charge on any atom is 0.0548 e. The maximum absolute atomic E-state index is 5.08. The number of aryl methyl sites for hydroxylation is 1. The summed E-state index contributed by atoms with van der Waals surface area (Å²) in [6.07, 6.45) is 11.2. The molecular formula is C21H35NS. The first-order chi connectivity index (χ1) is 10.4. The Morgan fingerprint density at radius 1 is 1.26 bits per heavy atom. The lowest BCUT2D eigenvalue weighted by atomic mass is 9.63. The van der Waals surface area contributed by atoms with Crippen LogP contribution in [0.15, 0.2) is 18.7 Å². The quantitative estimate of drug-likeness (QED) is 0.663. The molecule has 1 aromatic heterocycles. The van der Waals surface area contributed by atoms with Gasteiger partial charge in [0, 0.05) is 11.1 Å². The minimum Gasteiger partial charge on any atom is -0.257 e. The molecule has 1 heterocycles. The molecular weight excluding hydrogens is 298 g/mol. The van der Waals surface area contributed by atoms with E-state index < -0.39 is 10.0 Å². The highest BCUT2D eigenvalue weighted by atomic mass is 32.3. The summed E-state index contributed by atoms with van der Waals surface area (Å²) in [5.74, 6) is 0. The lowest BCUT2D eigenvalue weighted by molar-refractivity contribution is 0.190. The second-order valence-corrected chi connectivity index (χ2v) is 13.4. The molecule has 1 aromatic rings. The van der Waals surface area contributed by atoms with Crippen LogP contribution in [0, 0.1) is 12.3 Å². The third-order valence-corrected chi connectivity index (χ3v) is 8.49. The molecule has 2 heteroatoms. The van der Waals surface area contributed by atoms with Crippen molar-refractivity contribution >= 4 is 15.6 Å². The van der Waals surface area contributed by atoms with E-state index in [4.69, 9.17) is 4.98 Å². The van der Waals surface area contributed by atoms with Gasteiger partial charge in [-0.3, -0.25) is 4.98 Å². The summed E-state index contributed by atoms with van der Waals surface area (Å²) in [6.45, 7) is 15.8. The molecule has 2 rings (SSSR count). The van der Waals surface area contributed by atoms with Gasteiger partial charge >= 0.3 is 0 Å². The molecule has 0 bridgehead atoms. The van der Waals surface area contributed by atoms with Crippen molar-refractivity contribution in [3.05, 3.63) is 35.7 Å². The van der Waals surface area contributed by atoms with Gasteiger partial charge < -0.3 is 0 Å². The average molecular weight is 334 g/mol. The Hall–Kier alpha value is -0.760. The first-order valence-electron chi connectivity index (χ1n) is 8.76. The molecule has 2 atom stereocenters. The molecule has 0 aromatic carbocycles. The molecule has 0 saturated heterocycles. The lowest BCUT2D eigenvalue weighted by Crippen LogP contribution is -2.38. The van der Waals surface area contributed by atoms with Crippen molar-refractivity contribution in [1.82, 2.24) is 4.98 Å². The van der Waals surface area contributed by atoms with Crippen LogP contribution in [0.1, 0.15) is 63.9 Å². The van der Waals surface area contributed by atoms with Crippen molar-refractivity contribution < 1.29 is 0 Å². The molecule has 1 saturated carbocycles. The van der Waals surface area contributed by atoms with Crippen LogP contribution in [-0.2, 0) is 5.41 Å². The van der Waals surface area contributed by atoms with Crippen LogP contribution in [0.3, 0.4) is 0 Å². The molecule has 0 amide bonds. The Bertz CT molecular complexity index is 609. The lowest BCUT2D eigenvalue weighted by Gasteiger charge is -2.42. The smallest absolute Gasteiger partial charge is 0.0548 e. The summed E-state index contributed by atoms with van der Waals surface area (Å²) in [5.41, 5.74) is 5.29. The van der Waals surface area contributed by atoms with Gasteiger partial charge in [0.15, 0.2) is 0 Å². The SMILES string of the molecule is C=C(C)c1ccc(C)nc1C1(CC)CC(S(C)(C)C)CC1(C)C. The molecule has 23 heavy (non-hydrogen) atoms. The van der Waals surface area contributed by atoms with Gasteiger partial charge in [-0.25, -0.2) is 10.0 Å². The highest BCUT2D eigenvalue weighted by Crippen LogP contribution is 2.64. The monoisotopic (exact) mass is 333 g/mol. The standard InChI is InChI=1S/C21H35NS/c1-10-21(14-17(23(7,8)9)13-20(21,5)6)19-18(15(2)3)12-11-16(4)22-19/h11-12,17H,2,10,13-14H2,1,3-9H3. The van der Waals surface area contributed by atoms with Crippen molar-refractivity contribution in [2.45, 2.75) is 64.5 Å². The van der Waals surface area contributed by atoms with Crippen molar-refractivity contribution in [2.75, 3.05) is 18.8 Å². The summed E-state index contributed by atoms with van der Waals surface area (Å²) < 4.78 is 0. The number of aromatic nitrogens is 1. The minimum atomic E-state index is -0.556. The normalized spacial score (nSPS) is 27.9.